The average molecular weight is 403 g/mol. The van der Waals surface area contributed by atoms with E-state index in [2.05, 4.69) is 31.5 Å². The highest BCUT2D eigenvalue weighted by molar-refractivity contribution is 9.10. The number of anilines is 1. The van der Waals surface area contributed by atoms with E-state index < -0.39 is 0 Å². The number of aromatic nitrogens is 1. The van der Waals surface area contributed by atoms with Crippen molar-refractivity contribution in [1.29, 1.82) is 0 Å². The summed E-state index contributed by atoms with van der Waals surface area (Å²) in [5.74, 6) is -0.249. The zero-order chi connectivity index (χ0) is 13.7. The number of hydrogen-bond donors (Lipinski definition) is 3. The van der Waals surface area contributed by atoms with Crippen molar-refractivity contribution in [2.45, 2.75) is 18.9 Å². The second-order valence-electron chi connectivity index (χ2n) is 4.37. The van der Waals surface area contributed by atoms with Crippen molar-refractivity contribution in [3.05, 3.63) is 27.1 Å². The molecule has 9 heteroatoms. The minimum Gasteiger partial charge on any atom is -0.377 e. The molecule has 1 saturated heterocycles. The number of ether oxygens (including phenoxy) is 1. The van der Waals surface area contributed by atoms with Crippen molar-refractivity contribution < 1.29 is 9.53 Å². The Labute approximate surface area is 143 Å². The van der Waals surface area contributed by atoms with Crippen molar-refractivity contribution >= 4 is 52.3 Å². The Balaban J connectivity index is 0.00000200. The molecule has 1 aliphatic heterocycles. The molecule has 1 aromatic rings. The van der Waals surface area contributed by atoms with Gasteiger partial charge in [0.2, 0.25) is 5.91 Å². The molecule has 0 spiro atoms. The number of carbonyl (C=O) groups excluding carboxylic acids is 1. The van der Waals surface area contributed by atoms with E-state index in [9.17, 15) is 9.59 Å². The summed E-state index contributed by atoms with van der Waals surface area (Å²) in [5, 5.41) is 5.58. The number of hydrogen-bond acceptors (Lipinski definition) is 4. The molecule has 120 valence electrons. The standard InChI is InChI=1S/C12H16BrN3O3.2ClH/c13-8-4-10(12(18)15-5-8)16-11(17)7-14-6-9-2-1-3-19-9;;/h4-5,9,14H,1-3,6-7H2,(H,15,18)(H,16,17);2*1H. The summed E-state index contributed by atoms with van der Waals surface area (Å²) in [5.41, 5.74) is -0.0889. The highest BCUT2D eigenvalue weighted by atomic mass is 79.9. The Morgan fingerprint density at radius 3 is 2.90 bits per heavy atom. The van der Waals surface area contributed by atoms with E-state index >= 15 is 0 Å². The van der Waals surface area contributed by atoms with Crippen molar-refractivity contribution in [3.8, 4) is 0 Å². The first kappa shape index (κ1) is 20.4. The summed E-state index contributed by atoms with van der Waals surface area (Å²) < 4.78 is 6.14. The first-order chi connectivity index (χ1) is 9.15. The second kappa shape index (κ2) is 10.2. The number of nitrogens with one attached hydrogen (secondary N) is 3. The summed E-state index contributed by atoms with van der Waals surface area (Å²) in [6.45, 7) is 1.61. The number of pyridine rings is 1. The van der Waals surface area contributed by atoms with E-state index in [-0.39, 0.29) is 54.6 Å². The Hall–Kier alpha value is -0.600. The van der Waals surface area contributed by atoms with Crippen molar-refractivity contribution in [1.82, 2.24) is 10.3 Å². The zero-order valence-electron chi connectivity index (χ0n) is 11.2. The van der Waals surface area contributed by atoms with Crippen molar-refractivity contribution in [3.63, 3.8) is 0 Å². The first-order valence-corrected chi connectivity index (χ1v) is 6.95. The summed E-state index contributed by atoms with van der Waals surface area (Å²) in [6.07, 6.45) is 3.82. The Morgan fingerprint density at radius 1 is 1.48 bits per heavy atom. The highest BCUT2D eigenvalue weighted by Gasteiger charge is 2.15. The predicted octanol–water partition coefficient (Wildman–Crippen LogP) is 1.69. The number of halogens is 3. The van der Waals surface area contributed by atoms with Gasteiger partial charge in [-0.05, 0) is 34.8 Å². The van der Waals surface area contributed by atoms with Gasteiger partial charge in [-0.1, -0.05) is 0 Å². The van der Waals surface area contributed by atoms with Crippen LogP contribution in [0.3, 0.4) is 0 Å². The van der Waals surface area contributed by atoms with E-state index in [1.54, 1.807) is 6.07 Å². The fraction of sp³-hybridized carbons (Fsp3) is 0.500. The molecule has 3 N–H and O–H groups in total. The lowest BCUT2D eigenvalue weighted by Crippen LogP contribution is -2.34. The van der Waals surface area contributed by atoms with E-state index in [1.165, 1.54) is 6.20 Å². The van der Waals surface area contributed by atoms with Gasteiger partial charge >= 0.3 is 0 Å². The van der Waals surface area contributed by atoms with Crippen LogP contribution in [0.5, 0.6) is 0 Å². The van der Waals surface area contributed by atoms with Gasteiger partial charge in [0.05, 0.1) is 12.6 Å². The van der Waals surface area contributed by atoms with E-state index in [4.69, 9.17) is 4.74 Å². The summed E-state index contributed by atoms with van der Waals surface area (Å²) in [6, 6.07) is 1.57. The van der Waals surface area contributed by atoms with Crippen molar-refractivity contribution in [2.24, 2.45) is 0 Å². The van der Waals surface area contributed by atoms with Gasteiger partial charge < -0.3 is 20.4 Å². The molecule has 21 heavy (non-hydrogen) atoms. The maximum Gasteiger partial charge on any atom is 0.271 e. The van der Waals surface area contributed by atoms with Gasteiger partial charge in [0.25, 0.3) is 5.56 Å². The van der Waals surface area contributed by atoms with Crippen LogP contribution < -0.4 is 16.2 Å². The molecule has 1 amide bonds. The molecular formula is C12H18BrCl2N3O3. The Kier molecular flexibility index (Phi) is 9.89. The minimum absolute atomic E-state index is 0. The van der Waals surface area contributed by atoms with Gasteiger partial charge in [-0.15, -0.1) is 24.8 Å². The lowest BCUT2D eigenvalue weighted by atomic mass is 10.2. The first-order valence-electron chi connectivity index (χ1n) is 6.15. The van der Waals surface area contributed by atoms with Crippen molar-refractivity contribution in [2.75, 3.05) is 25.0 Å². The van der Waals surface area contributed by atoms with Crippen LogP contribution in [0, 0.1) is 0 Å². The van der Waals surface area contributed by atoms with Crippen LogP contribution in [0.4, 0.5) is 5.69 Å². The fourth-order valence-corrected chi connectivity index (χ4v) is 2.24. The quantitative estimate of drug-likeness (QED) is 0.699. The van der Waals surface area contributed by atoms with Gasteiger partial charge in [0.15, 0.2) is 0 Å². The highest BCUT2D eigenvalue weighted by Crippen LogP contribution is 2.11. The normalized spacial score (nSPS) is 16.7. The molecule has 0 aliphatic carbocycles. The van der Waals surface area contributed by atoms with E-state index in [1.807, 2.05) is 0 Å². The molecule has 2 rings (SSSR count). The van der Waals surface area contributed by atoms with Crippen LogP contribution in [-0.4, -0.2) is 36.7 Å². The maximum absolute atomic E-state index is 11.7. The van der Waals surface area contributed by atoms with Crippen LogP contribution >= 0.6 is 40.7 Å². The third-order valence-corrected chi connectivity index (χ3v) is 3.28. The molecule has 1 aromatic heterocycles. The average Bonchev–Trinajstić information content (AvgIpc) is 2.87. The molecule has 0 radical (unpaired) electrons. The summed E-state index contributed by atoms with van der Waals surface area (Å²) in [7, 11) is 0. The molecular weight excluding hydrogens is 385 g/mol. The molecule has 0 bridgehead atoms. The third kappa shape index (κ3) is 6.80. The van der Waals surface area contributed by atoms with E-state index in [0.717, 1.165) is 19.4 Å². The second-order valence-corrected chi connectivity index (χ2v) is 5.29. The predicted molar refractivity (Wildman–Crippen MR) is 89.7 cm³/mol. The molecule has 1 aliphatic rings. The molecule has 1 unspecified atom stereocenters. The minimum atomic E-state index is -0.323. The Bertz CT molecular complexity index is 507. The molecule has 2 heterocycles. The Morgan fingerprint density at radius 2 is 2.24 bits per heavy atom. The van der Waals surface area contributed by atoms with Gasteiger partial charge in [-0.3, -0.25) is 9.59 Å². The third-order valence-electron chi connectivity index (χ3n) is 2.82. The maximum atomic E-state index is 11.7. The van der Waals surface area contributed by atoms with Crippen LogP contribution in [0.1, 0.15) is 12.8 Å². The van der Waals surface area contributed by atoms with E-state index in [0.29, 0.717) is 11.0 Å². The van der Waals surface area contributed by atoms with Crippen LogP contribution in [-0.2, 0) is 9.53 Å². The van der Waals surface area contributed by atoms with Gasteiger partial charge in [0.1, 0.15) is 5.69 Å². The number of rotatable bonds is 5. The molecule has 6 nitrogen and oxygen atoms in total. The largest absolute Gasteiger partial charge is 0.377 e. The molecule has 0 aromatic carbocycles. The number of amides is 1. The number of H-pyrrole nitrogens is 1. The van der Waals surface area contributed by atoms with Crippen LogP contribution in [0.25, 0.3) is 0 Å². The zero-order valence-corrected chi connectivity index (χ0v) is 14.4. The van der Waals surface area contributed by atoms with Crippen LogP contribution in [0.15, 0.2) is 21.5 Å². The summed E-state index contributed by atoms with van der Waals surface area (Å²) >= 11 is 3.23. The fourth-order valence-electron chi connectivity index (χ4n) is 1.90. The topological polar surface area (TPSA) is 83.2 Å². The molecule has 1 fully saturated rings. The van der Waals surface area contributed by atoms with Gasteiger partial charge in [0, 0.05) is 23.8 Å². The van der Waals surface area contributed by atoms with Gasteiger partial charge in [-0.25, -0.2) is 0 Å². The number of carbonyl (C=O) groups is 1. The lowest BCUT2D eigenvalue weighted by molar-refractivity contribution is -0.115. The number of aromatic amines is 1. The molecule has 1 atom stereocenters. The summed E-state index contributed by atoms with van der Waals surface area (Å²) in [4.78, 5) is 25.6. The lowest BCUT2D eigenvalue weighted by Gasteiger charge is -2.10. The van der Waals surface area contributed by atoms with Crippen LogP contribution in [0.2, 0.25) is 0 Å². The van der Waals surface area contributed by atoms with Gasteiger partial charge in [-0.2, -0.15) is 0 Å². The SMILES string of the molecule is Cl.Cl.O=C(CNCC1CCCO1)Nc1cc(Br)c[nH]c1=O. The molecule has 0 saturated carbocycles. The smallest absolute Gasteiger partial charge is 0.271 e. The monoisotopic (exact) mass is 401 g/mol.